The molecular formula is C22H32F2N4O5S. The number of amides is 2. The first kappa shape index (κ1) is 26.3. The molecule has 1 aromatic carbocycles. The number of ether oxygens (including phenoxy) is 1. The Balaban J connectivity index is 1.89. The van der Waals surface area contributed by atoms with Gasteiger partial charge in [0.2, 0.25) is 21.8 Å². The molecule has 0 aliphatic carbocycles. The lowest BCUT2D eigenvalue weighted by atomic mass is 10.0. The number of carbonyl (C=O) groups is 2. The van der Waals surface area contributed by atoms with Crippen LogP contribution in [0.25, 0.3) is 0 Å². The molecule has 34 heavy (non-hydrogen) atoms. The lowest BCUT2D eigenvalue weighted by Crippen LogP contribution is -2.57. The number of hydrogen-bond acceptors (Lipinski definition) is 6. The third-order valence-corrected chi connectivity index (χ3v) is 7.75. The molecule has 0 saturated carbocycles. The number of nitrogens with zero attached hydrogens (tertiary/aromatic N) is 2. The van der Waals surface area contributed by atoms with Gasteiger partial charge in [0.25, 0.3) is 0 Å². The summed E-state index contributed by atoms with van der Waals surface area (Å²) in [5.41, 5.74) is 0. The molecule has 2 aliphatic rings. The van der Waals surface area contributed by atoms with Crippen LogP contribution < -0.4 is 15.4 Å². The number of carbonyl (C=O) groups excluding carboxylic acids is 2. The summed E-state index contributed by atoms with van der Waals surface area (Å²) in [7, 11) is -1.97. The maximum atomic E-state index is 13.7. The first-order valence-corrected chi connectivity index (χ1v) is 13.1. The van der Waals surface area contributed by atoms with Crippen LogP contribution in [0.1, 0.15) is 27.2 Å². The maximum Gasteiger partial charge on any atom is 0.245 e. The highest BCUT2D eigenvalue weighted by Crippen LogP contribution is 2.36. The van der Waals surface area contributed by atoms with E-state index in [-0.39, 0.29) is 36.6 Å². The predicted molar refractivity (Wildman–Crippen MR) is 122 cm³/mol. The van der Waals surface area contributed by atoms with Crippen LogP contribution in [0, 0.1) is 17.6 Å². The van der Waals surface area contributed by atoms with Gasteiger partial charge in [-0.15, -0.1) is 0 Å². The lowest BCUT2D eigenvalue weighted by molar-refractivity contribution is -0.139. The van der Waals surface area contributed by atoms with E-state index in [4.69, 9.17) is 4.74 Å². The van der Waals surface area contributed by atoms with Gasteiger partial charge in [0, 0.05) is 12.6 Å². The molecular weight excluding hydrogens is 470 g/mol. The zero-order valence-corrected chi connectivity index (χ0v) is 20.7. The highest BCUT2D eigenvalue weighted by molar-refractivity contribution is 7.88. The fourth-order valence-electron chi connectivity index (χ4n) is 4.55. The van der Waals surface area contributed by atoms with E-state index in [1.807, 2.05) is 13.8 Å². The highest BCUT2D eigenvalue weighted by Gasteiger charge is 2.55. The van der Waals surface area contributed by atoms with E-state index < -0.39 is 51.9 Å². The number of rotatable bonds is 8. The van der Waals surface area contributed by atoms with Crippen LogP contribution in [-0.4, -0.2) is 86.1 Å². The first-order valence-electron chi connectivity index (χ1n) is 11.2. The summed E-state index contributed by atoms with van der Waals surface area (Å²) in [5.74, 6) is -2.98. The Labute approximate surface area is 198 Å². The van der Waals surface area contributed by atoms with Crippen LogP contribution >= 0.6 is 0 Å². The smallest absolute Gasteiger partial charge is 0.245 e. The lowest BCUT2D eigenvalue weighted by Gasteiger charge is -2.33. The molecule has 2 fully saturated rings. The molecule has 190 valence electrons. The molecule has 5 atom stereocenters. The van der Waals surface area contributed by atoms with Crippen molar-refractivity contribution in [1.29, 1.82) is 0 Å². The summed E-state index contributed by atoms with van der Waals surface area (Å²) in [4.78, 5) is 27.6. The number of nitrogens with one attached hydrogen (secondary N) is 2. The highest BCUT2D eigenvalue weighted by atomic mass is 32.2. The van der Waals surface area contributed by atoms with E-state index in [1.165, 1.54) is 10.4 Å². The van der Waals surface area contributed by atoms with Crippen molar-refractivity contribution in [2.45, 2.75) is 57.5 Å². The molecule has 0 bridgehead atoms. The summed E-state index contributed by atoms with van der Waals surface area (Å²) >= 11 is 0. The molecule has 2 heterocycles. The van der Waals surface area contributed by atoms with Gasteiger partial charge in [-0.3, -0.25) is 9.59 Å². The molecule has 0 spiro atoms. The second-order valence-electron chi connectivity index (χ2n) is 9.18. The van der Waals surface area contributed by atoms with Crippen molar-refractivity contribution in [1.82, 2.24) is 19.8 Å². The largest absolute Gasteiger partial charge is 0.487 e. The normalized spacial score (nSPS) is 24.7. The first-order chi connectivity index (χ1) is 15.8. The third-order valence-electron chi connectivity index (χ3n) is 6.47. The number of likely N-dealkylation sites (N-methyl/N-ethyl adjacent to an activating group) is 1. The molecule has 9 nitrogen and oxygen atoms in total. The quantitative estimate of drug-likeness (QED) is 0.542. The molecule has 2 N–H and O–H groups in total. The molecule has 12 heteroatoms. The molecule has 0 aromatic heterocycles. The second kappa shape index (κ2) is 10.1. The van der Waals surface area contributed by atoms with Gasteiger partial charge in [-0.25, -0.2) is 17.2 Å². The molecule has 2 aliphatic heterocycles. The molecule has 2 amide bonds. The minimum atomic E-state index is -3.61. The number of benzene rings is 1. The van der Waals surface area contributed by atoms with Crippen molar-refractivity contribution in [3.8, 4) is 5.75 Å². The summed E-state index contributed by atoms with van der Waals surface area (Å²) < 4.78 is 59.2. The maximum absolute atomic E-state index is 13.7. The third kappa shape index (κ3) is 5.33. The Morgan fingerprint density at radius 3 is 2.41 bits per heavy atom. The summed E-state index contributed by atoms with van der Waals surface area (Å²) in [6.07, 6.45) is 0.688. The van der Waals surface area contributed by atoms with Crippen LogP contribution in [0.2, 0.25) is 0 Å². The van der Waals surface area contributed by atoms with E-state index in [0.29, 0.717) is 6.42 Å². The molecule has 0 radical (unpaired) electrons. The Morgan fingerprint density at radius 1 is 1.18 bits per heavy atom. The number of halogens is 2. The van der Waals surface area contributed by atoms with E-state index in [2.05, 4.69) is 10.6 Å². The topological polar surface area (TPSA) is 108 Å². The molecule has 3 rings (SSSR count). The zero-order chi connectivity index (χ0) is 25.4. The van der Waals surface area contributed by atoms with Crippen LogP contribution in [-0.2, 0) is 19.6 Å². The van der Waals surface area contributed by atoms with Crippen LogP contribution in [0.15, 0.2) is 18.2 Å². The predicted octanol–water partition coefficient (Wildman–Crippen LogP) is 0.706. The van der Waals surface area contributed by atoms with Crippen molar-refractivity contribution in [2.24, 2.45) is 5.92 Å². The van der Waals surface area contributed by atoms with Gasteiger partial charge in [0.15, 0.2) is 11.6 Å². The monoisotopic (exact) mass is 502 g/mol. The van der Waals surface area contributed by atoms with E-state index in [0.717, 1.165) is 18.4 Å². The molecule has 2 saturated heterocycles. The number of hydrogen-bond donors (Lipinski definition) is 2. The SMILES string of the molecule is CNC(C)C(=O)NC(C(=O)N1CCC2C1C(Oc1ccc(F)c(F)c1)CN2S(C)(=O)=O)C(C)C. The average Bonchev–Trinajstić information content (AvgIpc) is 3.34. The van der Waals surface area contributed by atoms with Gasteiger partial charge in [-0.2, -0.15) is 4.31 Å². The van der Waals surface area contributed by atoms with E-state index in [9.17, 15) is 26.8 Å². The van der Waals surface area contributed by atoms with Crippen LogP contribution in [0.3, 0.4) is 0 Å². The van der Waals surface area contributed by atoms with Crippen molar-refractivity contribution in [3.63, 3.8) is 0 Å². The number of sulfonamides is 1. The number of fused-ring (bicyclic) bond motifs is 1. The summed E-state index contributed by atoms with van der Waals surface area (Å²) in [6, 6.07) is 0.592. The Hall–Kier alpha value is -2.31. The van der Waals surface area contributed by atoms with Gasteiger partial charge in [0.1, 0.15) is 17.9 Å². The molecule has 1 aromatic rings. The fraction of sp³-hybridized carbons (Fsp3) is 0.636. The van der Waals surface area contributed by atoms with Gasteiger partial charge in [-0.1, -0.05) is 13.8 Å². The van der Waals surface area contributed by atoms with Crippen molar-refractivity contribution >= 4 is 21.8 Å². The standard InChI is InChI=1S/C22H32F2N4O5S/c1-12(2)19(26-21(29)13(3)25-4)22(30)27-9-8-17-20(27)18(11-28(17)34(5,31)32)33-14-6-7-15(23)16(24)10-14/h6-7,10,12-13,17-20,25H,8-9,11H2,1-5H3,(H,26,29). The number of likely N-dealkylation sites (tertiary alicyclic amines) is 1. The Kier molecular flexibility index (Phi) is 7.83. The van der Waals surface area contributed by atoms with Gasteiger partial charge >= 0.3 is 0 Å². The van der Waals surface area contributed by atoms with Gasteiger partial charge in [-0.05, 0) is 38.4 Å². The van der Waals surface area contributed by atoms with E-state index in [1.54, 1.807) is 18.9 Å². The fourth-order valence-corrected chi connectivity index (χ4v) is 5.69. The van der Waals surface area contributed by atoms with Crippen molar-refractivity contribution in [2.75, 3.05) is 26.4 Å². The molecule has 5 unspecified atom stereocenters. The minimum Gasteiger partial charge on any atom is -0.487 e. The van der Waals surface area contributed by atoms with Gasteiger partial charge in [0.05, 0.1) is 30.9 Å². The Bertz CT molecular complexity index is 1040. The summed E-state index contributed by atoms with van der Waals surface area (Å²) in [5, 5.41) is 5.62. The van der Waals surface area contributed by atoms with Crippen molar-refractivity contribution < 1.29 is 31.5 Å². The summed E-state index contributed by atoms with van der Waals surface area (Å²) in [6.45, 7) is 5.54. The second-order valence-corrected chi connectivity index (χ2v) is 11.1. The minimum absolute atomic E-state index is 0.0353. The van der Waals surface area contributed by atoms with Crippen molar-refractivity contribution in [3.05, 3.63) is 29.8 Å². The zero-order valence-electron chi connectivity index (χ0n) is 19.9. The van der Waals surface area contributed by atoms with Gasteiger partial charge < -0.3 is 20.3 Å². The Morgan fingerprint density at radius 2 is 1.85 bits per heavy atom. The average molecular weight is 503 g/mol. The van der Waals surface area contributed by atoms with E-state index >= 15 is 0 Å². The van der Waals surface area contributed by atoms with Crippen LogP contribution in [0.5, 0.6) is 5.75 Å². The van der Waals surface area contributed by atoms with Crippen LogP contribution in [0.4, 0.5) is 8.78 Å².